The number of carbonyl (C=O) groups excluding carboxylic acids is 2. The van der Waals surface area contributed by atoms with Gasteiger partial charge in [0.1, 0.15) is 0 Å². The lowest BCUT2D eigenvalue weighted by Crippen LogP contribution is -2.29. The molecule has 3 rings (SSSR count). The zero-order valence-corrected chi connectivity index (χ0v) is 13.5. The van der Waals surface area contributed by atoms with Gasteiger partial charge in [-0.2, -0.15) is 0 Å². The molecule has 7 nitrogen and oxygen atoms in total. The van der Waals surface area contributed by atoms with E-state index in [2.05, 4.69) is 20.9 Å². The van der Waals surface area contributed by atoms with Gasteiger partial charge in [-0.3, -0.25) is 9.88 Å². The summed E-state index contributed by atoms with van der Waals surface area (Å²) < 4.78 is 0. The van der Waals surface area contributed by atoms with E-state index in [0.29, 0.717) is 29.5 Å². The average molecular weight is 346 g/mol. The summed E-state index contributed by atoms with van der Waals surface area (Å²) in [7, 11) is 0. The van der Waals surface area contributed by atoms with Crippen LogP contribution in [-0.2, 0) is 6.54 Å². The second kappa shape index (κ2) is 7.18. The number of rotatable bonds is 4. The third kappa shape index (κ3) is 3.94. The van der Waals surface area contributed by atoms with Crippen LogP contribution in [0.3, 0.4) is 0 Å². The van der Waals surface area contributed by atoms with Crippen LogP contribution < -0.4 is 20.9 Å². The van der Waals surface area contributed by atoms with Crippen LogP contribution in [-0.4, -0.2) is 30.1 Å². The fourth-order valence-corrected chi connectivity index (χ4v) is 2.54. The highest BCUT2D eigenvalue weighted by atomic mass is 35.5. The zero-order chi connectivity index (χ0) is 16.9. The van der Waals surface area contributed by atoms with Crippen molar-refractivity contribution >= 4 is 35.0 Å². The van der Waals surface area contributed by atoms with Gasteiger partial charge < -0.3 is 16.0 Å². The van der Waals surface area contributed by atoms with Crippen LogP contribution in [0.25, 0.3) is 0 Å². The Labute approximate surface area is 144 Å². The molecule has 1 fully saturated rings. The first-order valence-electron chi connectivity index (χ1n) is 7.42. The van der Waals surface area contributed by atoms with Gasteiger partial charge in [0.25, 0.3) is 0 Å². The molecule has 0 radical (unpaired) electrons. The van der Waals surface area contributed by atoms with Crippen LogP contribution in [0.15, 0.2) is 42.6 Å². The number of carbonyl (C=O) groups is 2. The summed E-state index contributed by atoms with van der Waals surface area (Å²) in [5, 5.41) is 8.75. The van der Waals surface area contributed by atoms with Gasteiger partial charge in [0.2, 0.25) is 0 Å². The van der Waals surface area contributed by atoms with Crippen LogP contribution in [0.4, 0.5) is 21.0 Å². The monoisotopic (exact) mass is 345 g/mol. The predicted octanol–water partition coefficient (Wildman–Crippen LogP) is 2.59. The molecule has 2 aromatic rings. The Balaban J connectivity index is 1.59. The van der Waals surface area contributed by atoms with Crippen molar-refractivity contribution in [1.29, 1.82) is 0 Å². The molecule has 8 heteroatoms. The Hall–Kier alpha value is -2.80. The van der Waals surface area contributed by atoms with E-state index >= 15 is 0 Å². The average Bonchev–Trinajstić information content (AvgIpc) is 2.99. The Bertz CT molecular complexity index is 768. The Morgan fingerprint density at radius 1 is 1.33 bits per heavy atom. The van der Waals surface area contributed by atoms with Crippen LogP contribution in [0.5, 0.6) is 0 Å². The van der Waals surface area contributed by atoms with Crippen molar-refractivity contribution in [2.45, 2.75) is 6.54 Å². The highest BCUT2D eigenvalue weighted by molar-refractivity contribution is 6.30. The summed E-state index contributed by atoms with van der Waals surface area (Å²) in [6.07, 6.45) is 1.59. The molecule has 0 spiro atoms. The number of anilines is 2. The third-order valence-corrected chi connectivity index (χ3v) is 3.72. The van der Waals surface area contributed by atoms with Crippen molar-refractivity contribution in [3.8, 4) is 0 Å². The topological polar surface area (TPSA) is 86.4 Å². The maximum atomic E-state index is 12.0. The summed E-state index contributed by atoms with van der Waals surface area (Å²) in [5.41, 5.74) is 2.00. The minimum Gasteiger partial charge on any atom is -0.336 e. The van der Waals surface area contributed by atoms with Crippen molar-refractivity contribution in [3.05, 3.63) is 53.3 Å². The van der Waals surface area contributed by atoms with Gasteiger partial charge >= 0.3 is 12.1 Å². The predicted molar refractivity (Wildman–Crippen MR) is 92.3 cm³/mol. The number of nitrogens with zero attached hydrogens (tertiary/aromatic N) is 2. The number of nitrogens with one attached hydrogen (secondary N) is 3. The molecule has 1 aromatic carbocycles. The van der Waals surface area contributed by atoms with Gasteiger partial charge in [-0.1, -0.05) is 17.7 Å². The van der Waals surface area contributed by atoms with Crippen molar-refractivity contribution in [2.75, 3.05) is 23.3 Å². The quantitative estimate of drug-likeness (QED) is 0.796. The van der Waals surface area contributed by atoms with E-state index in [1.54, 1.807) is 41.4 Å². The van der Waals surface area contributed by atoms with Crippen LogP contribution in [0.1, 0.15) is 5.69 Å². The highest BCUT2D eigenvalue weighted by Gasteiger charge is 2.21. The molecule has 1 aromatic heterocycles. The Morgan fingerprint density at radius 3 is 2.96 bits per heavy atom. The lowest BCUT2D eigenvalue weighted by Gasteiger charge is -2.15. The van der Waals surface area contributed by atoms with E-state index in [1.165, 1.54) is 0 Å². The molecule has 0 aliphatic carbocycles. The molecule has 124 valence electrons. The lowest BCUT2D eigenvalue weighted by molar-refractivity contribution is 0.251. The van der Waals surface area contributed by atoms with Crippen LogP contribution in [0.2, 0.25) is 5.02 Å². The Morgan fingerprint density at radius 2 is 2.21 bits per heavy atom. The molecule has 1 saturated heterocycles. The first-order chi connectivity index (χ1) is 11.6. The van der Waals surface area contributed by atoms with E-state index in [9.17, 15) is 9.59 Å². The van der Waals surface area contributed by atoms with E-state index < -0.39 is 0 Å². The minimum atomic E-state index is -0.361. The zero-order valence-electron chi connectivity index (χ0n) is 12.8. The van der Waals surface area contributed by atoms with Gasteiger partial charge in [-0.05, 0) is 30.3 Å². The standard InChI is InChI=1S/C16H16ClN5O2/c17-11-4-5-18-13(8-11)10-20-15(23)21-12-2-1-3-14(9-12)22-7-6-19-16(22)24/h1-5,8-9H,6-7,10H2,(H,19,24)(H2,20,21,23). The number of pyridine rings is 1. The molecular formula is C16H16ClN5O2. The summed E-state index contributed by atoms with van der Waals surface area (Å²) in [6, 6.07) is 9.98. The molecule has 0 unspecified atom stereocenters. The molecule has 24 heavy (non-hydrogen) atoms. The maximum Gasteiger partial charge on any atom is 0.321 e. The summed E-state index contributed by atoms with van der Waals surface area (Å²) in [5.74, 6) is 0. The second-order valence-corrected chi connectivity index (χ2v) is 5.64. The second-order valence-electron chi connectivity index (χ2n) is 5.21. The SMILES string of the molecule is O=C(NCc1cc(Cl)ccn1)Nc1cccc(N2CCNC2=O)c1. The van der Waals surface area contributed by atoms with Crippen molar-refractivity contribution in [3.63, 3.8) is 0 Å². The maximum absolute atomic E-state index is 12.0. The van der Waals surface area contributed by atoms with Crippen molar-refractivity contribution in [1.82, 2.24) is 15.6 Å². The molecule has 2 heterocycles. The molecule has 0 atom stereocenters. The molecule has 1 aliphatic heterocycles. The number of hydrogen-bond donors (Lipinski definition) is 3. The molecule has 4 amide bonds. The number of halogens is 1. The van der Waals surface area contributed by atoms with Gasteiger partial charge in [-0.25, -0.2) is 9.59 Å². The number of aromatic nitrogens is 1. The summed E-state index contributed by atoms with van der Waals surface area (Å²) in [6.45, 7) is 1.49. The van der Waals surface area contributed by atoms with Gasteiger partial charge in [0.05, 0.1) is 12.2 Å². The highest BCUT2D eigenvalue weighted by Crippen LogP contribution is 2.20. The molecule has 0 bridgehead atoms. The van der Waals surface area contributed by atoms with Crippen molar-refractivity contribution < 1.29 is 9.59 Å². The molecule has 1 aliphatic rings. The van der Waals surface area contributed by atoms with E-state index in [0.717, 1.165) is 5.69 Å². The van der Waals surface area contributed by atoms with Gasteiger partial charge in [0, 0.05) is 35.7 Å². The first-order valence-corrected chi connectivity index (χ1v) is 7.80. The Kier molecular flexibility index (Phi) is 4.81. The van der Waals surface area contributed by atoms with E-state index in [-0.39, 0.29) is 18.6 Å². The summed E-state index contributed by atoms with van der Waals surface area (Å²) >= 11 is 5.88. The normalized spacial score (nSPS) is 13.5. The third-order valence-electron chi connectivity index (χ3n) is 3.48. The minimum absolute atomic E-state index is 0.136. The number of urea groups is 2. The van der Waals surface area contributed by atoms with E-state index in [1.807, 2.05) is 6.07 Å². The van der Waals surface area contributed by atoms with Crippen LogP contribution in [0, 0.1) is 0 Å². The van der Waals surface area contributed by atoms with Crippen LogP contribution >= 0.6 is 11.6 Å². The fraction of sp³-hybridized carbons (Fsp3) is 0.188. The van der Waals surface area contributed by atoms with Gasteiger partial charge in [0.15, 0.2) is 0 Å². The number of hydrogen-bond acceptors (Lipinski definition) is 3. The lowest BCUT2D eigenvalue weighted by atomic mass is 10.2. The van der Waals surface area contributed by atoms with Crippen molar-refractivity contribution in [2.24, 2.45) is 0 Å². The number of benzene rings is 1. The van der Waals surface area contributed by atoms with Gasteiger partial charge in [-0.15, -0.1) is 0 Å². The molecule has 3 N–H and O–H groups in total. The number of amides is 4. The summed E-state index contributed by atoms with van der Waals surface area (Å²) in [4.78, 5) is 29.4. The molecular weight excluding hydrogens is 330 g/mol. The fourth-order valence-electron chi connectivity index (χ4n) is 2.36. The molecule has 0 saturated carbocycles. The first kappa shape index (κ1) is 16.1. The smallest absolute Gasteiger partial charge is 0.321 e. The van der Waals surface area contributed by atoms with E-state index in [4.69, 9.17) is 11.6 Å². The largest absolute Gasteiger partial charge is 0.336 e.